The second-order valence-electron chi connectivity index (χ2n) is 4.14. The van der Waals surface area contributed by atoms with Gasteiger partial charge >= 0.3 is 0 Å². The van der Waals surface area contributed by atoms with Crippen LogP contribution in [0.3, 0.4) is 0 Å². The van der Waals surface area contributed by atoms with Crippen molar-refractivity contribution in [2.75, 3.05) is 5.75 Å². The highest BCUT2D eigenvalue weighted by atomic mass is 32.2. The van der Waals surface area contributed by atoms with Crippen molar-refractivity contribution in [3.05, 3.63) is 46.2 Å². The molecule has 1 N–H and O–H groups in total. The number of carbonyl (C=O) groups excluding carboxylic acids is 1. The van der Waals surface area contributed by atoms with Crippen molar-refractivity contribution in [2.45, 2.75) is 19.3 Å². The Hall–Kier alpha value is -1.80. The molecule has 98 valence electrons. The molecule has 0 aliphatic carbocycles. The van der Waals surface area contributed by atoms with Crippen molar-refractivity contribution in [3.8, 4) is 6.07 Å². The molecule has 1 aliphatic rings. The molecule has 0 unspecified atom stereocenters. The summed E-state index contributed by atoms with van der Waals surface area (Å²) in [5, 5.41) is 12.7. The van der Waals surface area contributed by atoms with Crippen LogP contribution in [0.2, 0.25) is 0 Å². The molecule has 1 aromatic carbocycles. The molecule has 0 spiro atoms. The normalized spacial score (nSPS) is 19.0. The first-order valence-corrected chi connectivity index (χ1v) is 6.96. The Balaban J connectivity index is 2.42. The van der Waals surface area contributed by atoms with Crippen LogP contribution in [0.4, 0.5) is 4.39 Å². The lowest BCUT2D eigenvalue weighted by molar-refractivity contribution is -0.120. The van der Waals surface area contributed by atoms with Crippen LogP contribution in [0.5, 0.6) is 0 Å². The van der Waals surface area contributed by atoms with Crippen LogP contribution < -0.4 is 5.32 Å². The molecular formula is C14H13FN2OS. The zero-order valence-electron chi connectivity index (χ0n) is 10.4. The summed E-state index contributed by atoms with van der Waals surface area (Å²) in [7, 11) is 0. The van der Waals surface area contributed by atoms with Gasteiger partial charge in [0.2, 0.25) is 5.91 Å². The number of rotatable bonds is 3. The zero-order valence-corrected chi connectivity index (χ0v) is 11.3. The number of halogens is 1. The van der Waals surface area contributed by atoms with Crippen LogP contribution in [0.15, 0.2) is 34.9 Å². The van der Waals surface area contributed by atoms with E-state index >= 15 is 0 Å². The molecule has 19 heavy (non-hydrogen) atoms. The standard InChI is InChI=1S/C14H13FN2OS/c1-2-19-14-12(8-16)11(7-13(18)17-14)9-3-5-10(15)6-4-9/h3-6,11H,2,7H2,1H3,(H,17,18)/t11-/m1/s1. The summed E-state index contributed by atoms with van der Waals surface area (Å²) in [6.45, 7) is 1.96. The summed E-state index contributed by atoms with van der Waals surface area (Å²) in [5.74, 6) is 0.0593. The molecule has 1 aliphatic heterocycles. The molecule has 2 rings (SSSR count). The van der Waals surface area contributed by atoms with E-state index in [0.29, 0.717) is 10.6 Å². The van der Waals surface area contributed by atoms with Crippen LogP contribution in [-0.4, -0.2) is 11.7 Å². The van der Waals surface area contributed by atoms with Gasteiger partial charge in [0.15, 0.2) is 0 Å². The largest absolute Gasteiger partial charge is 0.320 e. The maximum absolute atomic E-state index is 12.9. The van der Waals surface area contributed by atoms with Crippen LogP contribution in [0.1, 0.15) is 24.8 Å². The zero-order chi connectivity index (χ0) is 13.8. The summed E-state index contributed by atoms with van der Waals surface area (Å²) >= 11 is 1.44. The van der Waals surface area contributed by atoms with E-state index in [1.54, 1.807) is 12.1 Å². The number of amides is 1. The van der Waals surface area contributed by atoms with Crippen molar-refractivity contribution in [3.63, 3.8) is 0 Å². The highest BCUT2D eigenvalue weighted by molar-refractivity contribution is 8.03. The Morgan fingerprint density at radius 1 is 1.47 bits per heavy atom. The van der Waals surface area contributed by atoms with Gasteiger partial charge in [0, 0.05) is 12.3 Å². The second-order valence-corrected chi connectivity index (χ2v) is 5.42. The number of thioether (sulfide) groups is 1. The highest BCUT2D eigenvalue weighted by Crippen LogP contribution is 2.35. The third-order valence-corrected chi connectivity index (χ3v) is 3.82. The third kappa shape index (κ3) is 2.96. The summed E-state index contributed by atoms with van der Waals surface area (Å²) < 4.78 is 12.9. The number of allylic oxidation sites excluding steroid dienone is 1. The number of benzene rings is 1. The number of hydrogen-bond donors (Lipinski definition) is 1. The molecular weight excluding hydrogens is 263 g/mol. The van der Waals surface area contributed by atoms with Gasteiger partial charge in [0.05, 0.1) is 16.7 Å². The average molecular weight is 276 g/mol. The fourth-order valence-corrected chi connectivity index (χ4v) is 2.88. The third-order valence-electron chi connectivity index (χ3n) is 2.92. The predicted octanol–water partition coefficient (Wildman–Crippen LogP) is 2.92. The van der Waals surface area contributed by atoms with Crippen LogP contribution in [-0.2, 0) is 4.79 Å². The van der Waals surface area contributed by atoms with Gasteiger partial charge in [-0.1, -0.05) is 19.1 Å². The van der Waals surface area contributed by atoms with Crippen molar-refractivity contribution in [1.82, 2.24) is 5.32 Å². The van der Waals surface area contributed by atoms with Crippen molar-refractivity contribution >= 4 is 17.7 Å². The average Bonchev–Trinajstić information content (AvgIpc) is 2.39. The highest BCUT2D eigenvalue weighted by Gasteiger charge is 2.29. The lowest BCUT2D eigenvalue weighted by Gasteiger charge is -2.24. The van der Waals surface area contributed by atoms with E-state index in [1.165, 1.54) is 23.9 Å². The first-order chi connectivity index (χ1) is 9.15. The van der Waals surface area contributed by atoms with E-state index in [4.69, 9.17) is 0 Å². The Bertz CT molecular complexity index is 560. The van der Waals surface area contributed by atoms with Gasteiger partial charge in [0.1, 0.15) is 5.82 Å². The van der Waals surface area contributed by atoms with Gasteiger partial charge in [-0.3, -0.25) is 4.79 Å². The molecule has 1 atom stereocenters. The van der Waals surface area contributed by atoms with E-state index in [9.17, 15) is 14.4 Å². The lowest BCUT2D eigenvalue weighted by atomic mass is 9.87. The molecule has 0 fully saturated rings. The molecule has 0 bridgehead atoms. The molecule has 1 aromatic rings. The van der Waals surface area contributed by atoms with Crippen molar-refractivity contribution in [1.29, 1.82) is 5.26 Å². The second kappa shape index (κ2) is 5.89. The van der Waals surface area contributed by atoms with Crippen molar-refractivity contribution in [2.24, 2.45) is 0 Å². The van der Waals surface area contributed by atoms with Gasteiger partial charge in [-0.05, 0) is 23.4 Å². The van der Waals surface area contributed by atoms with Gasteiger partial charge in [-0.25, -0.2) is 4.39 Å². The van der Waals surface area contributed by atoms with E-state index in [0.717, 1.165) is 11.3 Å². The molecule has 0 saturated carbocycles. The first kappa shape index (κ1) is 13.6. The minimum Gasteiger partial charge on any atom is -0.320 e. The van der Waals surface area contributed by atoms with E-state index in [1.807, 2.05) is 6.92 Å². The number of carbonyl (C=O) groups is 1. The minimum atomic E-state index is -0.324. The van der Waals surface area contributed by atoms with Crippen molar-refractivity contribution < 1.29 is 9.18 Å². The Labute approximate surface area is 115 Å². The SMILES string of the molecule is CCSC1=C(C#N)[C@@H](c2ccc(F)cc2)CC(=O)N1. The Morgan fingerprint density at radius 3 is 2.74 bits per heavy atom. The maximum Gasteiger partial charge on any atom is 0.225 e. The number of hydrogen-bond acceptors (Lipinski definition) is 3. The van der Waals surface area contributed by atoms with Gasteiger partial charge in [0.25, 0.3) is 0 Å². The summed E-state index contributed by atoms with van der Waals surface area (Å²) in [5.41, 5.74) is 1.35. The lowest BCUT2D eigenvalue weighted by Crippen LogP contribution is -2.30. The van der Waals surface area contributed by atoms with Gasteiger partial charge in [-0.15, -0.1) is 11.8 Å². The topological polar surface area (TPSA) is 52.9 Å². The molecule has 1 amide bonds. The summed E-state index contributed by atoms with van der Waals surface area (Å²) in [4.78, 5) is 11.7. The van der Waals surface area contributed by atoms with E-state index in [2.05, 4.69) is 11.4 Å². The van der Waals surface area contributed by atoms with Gasteiger partial charge < -0.3 is 5.32 Å². The predicted molar refractivity (Wildman–Crippen MR) is 72.7 cm³/mol. The van der Waals surface area contributed by atoms with Crippen LogP contribution in [0.25, 0.3) is 0 Å². The quantitative estimate of drug-likeness (QED) is 0.923. The summed E-state index contributed by atoms with van der Waals surface area (Å²) in [6.07, 6.45) is 0.225. The number of nitriles is 1. The molecule has 5 heteroatoms. The fourth-order valence-electron chi connectivity index (χ4n) is 2.06. The van der Waals surface area contributed by atoms with Crippen LogP contribution >= 0.6 is 11.8 Å². The Morgan fingerprint density at radius 2 is 2.16 bits per heavy atom. The number of nitrogens with one attached hydrogen (secondary N) is 1. The maximum atomic E-state index is 12.9. The molecule has 0 aromatic heterocycles. The first-order valence-electron chi connectivity index (χ1n) is 5.98. The molecule has 3 nitrogen and oxygen atoms in total. The molecule has 0 radical (unpaired) electrons. The van der Waals surface area contributed by atoms with E-state index in [-0.39, 0.29) is 24.1 Å². The Kier molecular flexibility index (Phi) is 4.23. The van der Waals surface area contributed by atoms with E-state index < -0.39 is 0 Å². The summed E-state index contributed by atoms with van der Waals surface area (Å²) in [6, 6.07) is 8.13. The number of nitrogens with zero attached hydrogens (tertiary/aromatic N) is 1. The smallest absolute Gasteiger partial charge is 0.225 e. The monoisotopic (exact) mass is 276 g/mol. The molecule has 0 saturated heterocycles. The fraction of sp³-hybridized carbons (Fsp3) is 0.286. The minimum absolute atomic E-state index is 0.107. The van der Waals surface area contributed by atoms with Gasteiger partial charge in [-0.2, -0.15) is 5.26 Å². The molecule has 1 heterocycles. The van der Waals surface area contributed by atoms with Crippen LogP contribution in [0, 0.1) is 17.1 Å².